The minimum atomic E-state index is -3.12. The Morgan fingerprint density at radius 3 is 2.62 bits per heavy atom. The van der Waals surface area contributed by atoms with Gasteiger partial charge in [-0.25, -0.2) is 8.42 Å². The summed E-state index contributed by atoms with van der Waals surface area (Å²) in [7, 11) is -1.40. The van der Waals surface area contributed by atoms with Crippen LogP contribution in [0.25, 0.3) is 0 Å². The minimum Gasteiger partial charge on any atom is -0.378 e. The predicted octanol–water partition coefficient (Wildman–Crippen LogP) is 2.61. The molecule has 0 bridgehead atoms. The van der Waals surface area contributed by atoms with Gasteiger partial charge in [0.2, 0.25) is 10.0 Å². The number of nitrogens with zero attached hydrogens (tertiary/aromatic N) is 4. The molecular formula is C23H27N5O3S. The summed E-state index contributed by atoms with van der Waals surface area (Å²) in [5.74, 6) is -0.0608. The predicted molar refractivity (Wildman–Crippen MR) is 125 cm³/mol. The Kier molecular flexibility index (Phi) is 4.86. The molecule has 1 aromatic carbocycles. The van der Waals surface area contributed by atoms with Crippen LogP contribution in [-0.2, 0) is 15.6 Å². The topological polar surface area (TPSA) is 95.0 Å². The highest BCUT2D eigenvalue weighted by Gasteiger charge is 2.46. The van der Waals surface area contributed by atoms with Crippen LogP contribution in [0, 0.1) is 0 Å². The Morgan fingerprint density at radius 1 is 1.19 bits per heavy atom. The molecule has 1 aliphatic carbocycles. The van der Waals surface area contributed by atoms with Crippen molar-refractivity contribution in [1.29, 1.82) is 0 Å². The van der Waals surface area contributed by atoms with Gasteiger partial charge < -0.3 is 5.32 Å². The first kappa shape index (κ1) is 21.1. The fourth-order valence-corrected chi connectivity index (χ4v) is 6.53. The summed E-state index contributed by atoms with van der Waals surface area (Å²) in [5.41, 5.74) is 3.52. The number of anilines is 2. The monoisotopic (exact) mass is 453 g/mol. The zero-order valence-corrected chi connectivity index (χ0v) is 19.3. The van der Waals surface area contributed by atoms with Crippen LogP contribution in [0.1, 0.15) is 48.2 Å². The normalized spacial score (nSPS) is 21.1. The highest BCUT2D eigenvalue weighted by atomic mass is 32.2. The second kappa shape index (κ2) is 7.38. The summed E-state index contributed by atoms with van der Waals surface area (Å²) in [5, 5.41) is 3.19. The van der Waals surface area contributed by atoms with Crippen LogP contribution in [0.3, 0.4) is 0 Å². The number of hydrogen-bond acceptors (Lipinski definition) is 6. The second-order valence-corrected chi connectivity index (χ2v) is 11.4. The van der Waals surface area contributed by atoms with Gasteiger partial charge in [0.1, 0.15) is 0 Å². The molecule has 0 unspecified atom stereocenters. The van der Waals surface area contributed by atoms with E-state index < -0.39 is 15.6 Å². The first-order chi connectivity index (χ1) is 15.2. The maximum absolute atomic E-state index is 13.3. The molecule has 1 aromatic heterocycles. The number of benzene rings is 1. The van der Waals surface area contributed by atoms with Crippen molar-refractivity contribution in [2.45, 2.75) is 43.5 Å². The van der Waals surface area contributed by atoms with E-state index in [-0.39, 0.29) is 17.2 Å². The van der Waals surface area contributed by atoms with Crippen LogP contribution < -0.4 is 10.2 Å². The number of nitrogens with one attached hydrogen (secondary N) is 1. The molecule has 1 saturated heterocycles. The molecule has 8 nitrogen and oxygen atoms in total. The molecule has 0 radical (unpaired) electrons. The lowest BCUT2D eigenvalue weighted by molar-refractivity contribution is 0.0982. The summed E-state index contributed by atoms with van der Waals surface area (Å²) in [6.45, 7) is 4.97. The fourth-order valence-electron chi connectivity index (χ4n) is 4.60. The van der Waals surface area contributed by atoms with Gasteiger partial charge in [-0.15, -0.1) is 0 Å². The standard InChI is InChI=1S/C23H27N5O3S/c1-23(2)21-8-15(10-24-3)4-7-20(21)22(29)28(23)18-9-16(11-25-12-18)26-17-13-27(14-17)32(30,31)19-5-6-19/h4,7-12,17,19,26H,5-6,13-14H2,1-3H3. The Bertz CT molecular complexity index is 1210. The molecule has 2 aliphatic heterocycles. The fraction of sp³-hybridized carbons (Fsp3) is 0.435. The number of fused-ring (bicyclic) bond motifs is 1. The SMILES string of the molecule is CN=Cc1ccc2c(c1)C(C)(C)N(c1cncc(NC3CN(S(=O)(=O)C4CC4)C3)c1)C2=O. The van der Waals surface area contributed by atoms with Crippen molar-refractivity contribution in [3.63, 3.8) is 0 Å². The molecular weight excluding hydrogens is 426 g/mol. The first-order valence-electron chi connectivity index (χ1n) is 10.8. The second-order valence-electron chi connectivity index (χ2n) is 9.23. The Labute approximate surface area is 188 Å². The van der Waals surface area contributed by atoms with Crippen LogP contribution >= 0.6 is 0 Å². The van der Waals surface area contributed by atoms with Crippen LogP contribution in [0.2, 0.25) is 0 Å². The van der Waals surface area contributed by atoms with Gasteiger partial charge in [-0.05, 0) is 56.0 Å². The maximum atomic E-state index is 13.3. The van der Waals surface area contributed by atoms with E-state index in [0.717, 1.165) is 29.7 Å². The number of amides is 1. The molecule has 0 spiro atoms. The number of carbonyl (C=O) groups excluding carboxylic acids is 1. The van der Waals surface area contributed by atoms with Crippen molar-refractivity contribution in [3.8, 4) is 0 Å². The quantitative estimate of drug-likeness (QED) is 0.679. The molecule has 3 aliphatic rings. The van der Waals surface area contributed by atoms with E-state index in [2.05, 4.69) is 15.3 Å². The number of aliphatic imine (C=N–C) groups is 1. The summed E-state index contributed by atoms with van der Waals surface area (Å²) in [4.78, 5) is 23.5. The average Bonchev–Trinajstić information content (AvgIpc) is 3.54. The lowest BCUT2D eigenvalue weighted by Gasteiger charge is -2.39. The first-order valence-corrected chi connectivity index (χ1v) is 12.3. The maximum Gasteiger partial charge on any atom is 0.259 e. The molecule has 1 N–H and O–H groups in total. The molecule has 2 aromatic rings. The van der Waals surface area contributed by atoms with Gasteiger partial charge in [-0.3, -0.25) is 19.7 Å². The third kappa shape index (κ3) is 3.40. The summed E-state index contributed by atoms with van der Waals surface area (Å²) in [6, 6.07) is 7.72. The van der Waals surface area contributed by atoms with Crippen LogP contribution in [0.5, 0.6) is 0 Å². The van der Waals surface area contributed by atoms with Gasteiger partial charge in [-0.1, -0.05) is 6.07 Å². The summed E-state index contributed by atoms with van der Waals surface area (Å²) < 4.78 is 26.2. The molecule has 168 valence electrons. The molecule has 5 rings (SSSR count). The molecule has 32 heavy (non-hydrogen) atoms. The minimum absolute atomic E-state index is 0.0379. The van der Waals surface area contributed by atoms with Gasteiger partial charge >= 0.3 is 0 Å². The van der Waals surface area contributed by atoms with E-state index in [1.165, 1.54) is 0 Å². The molecule has 2 fully saturated rings. The number of sulfonamides is 1. The van der Waals surface area contributed by atoms with Crippen molar-refractivity contribution in [3.05, 3.63) is 53.3 Å². The molecule has 0 atom stereocenters. The number of carbonyl (C=O) groups is 1. The van der Waals surface area contributed by atoms with Gasteiger partial charge in [-0.2, -0.15) is 4.31 Å². The zero-order valence-electron chi connectivity index (χ0n) is 18.4. The van der Waals surface area contributed by atoms with Crippen LogP contribution in [0.4, 0.5) is 11.4 Å². The highest BCUT2D eigenvalue weighted by molar-refractivity contribution is 7.90. The molecule has 3 heterocycles. The van der Waals surface area contributed by atoms with Crippen molar-refractivity contribution in [2.24, 2.45) is 4.99 Å². The summed E-state index contributed by atoms with van der Waals surface area (Å²) in [6.07, 6.45) is 6.73. The lowest BCUT2D eigenvalue weighted by atomic mass is 9.92. The van der Waals surface area contributed by atoms with Crippen LogP contribution in [-0.4, -0.2) is 61.3 Å². The van der Waals surface area contributed by atoms with E-state index in [9.17, 15) is 13.2 Å². The number of pyridine rings is 1. The van der Waals surface area contributed by atoms with Gasteiger partial charge in [0.15, 0.2) is 0 Å². The van der Waals surface area contributed by atoms with Gasteiger partial charge in [0.05, 0.1) is 40.6 Å². The van der Waals surface area contributed by atoms with Gasteiger partial charge in [0, 0.05) is 31.9 Å². The third-order valence-corrected chi connectivity index (χ3v) is 8.81. The van der Waals surface area contributed by atoms with Crippen molar-refractivity contribution >= 4 is 33.5 Å². The van der Waals surface area contributed by atoms with Crippen molar-refractivity contribution in [1.82, 2.24) is 9.29 Å². The highest BCUT2D eigenvalue weighted by Crippen LogP contribution is 2.42. The lowest BCUT2D eigenvalue weighted by Crippen LogP contribution is -2.57. The van der Waals surface area contributed by atoms with E-state index in [4.69, 9.17) is 0 Å². The van der Waals surface area contributed by atoms with Gasteiger partial charge in [0.25, 0.3) is 5.91 Å². The number of aromatic nitrogens is 1. The molecule has 1 saturated carbocycles. The smallest absolute Gasteiger partial charge is 0.259 e. The zero-order chi connectivity index (χ0) is 22.7. The summed E-state index contributed by atoms with van der Waals surface area (Å²) >= 11 is 0. The largest absolute Gasteiger partial charge is 0.378 e. The van der Waals surface area contributed by atoms with E-state index in [1.54, 1.807) is 34.9 Å². The molecule has 9 heteroatoms. The van der Waals surface area contributed by atoms with E-state index in [0.29, 0.717) is 24.3 Å². The Morgan fingerprint density at radius 2 is 1.94 bits per heavy atom. The number of rotatable bonds is 6. The van der Waals surface area contributed by atoms with Crippen LogP contribution in [0.15, 0.2) is 41.7 Å². The third-order valence-electron chi connectivity index (χ3n) is 6.48. The Hall–Kier alpha value is -2.78. The van der Waals surface area contributed by atoms with Crippen molar-refractivity contribution in [2.75, 3.05) is 30.4 Å². The molecule has 1 amide bonds. The number of hydrogen-bond donors (Lipinski definition) is 1. The average molecular weight is 454 g/mol. The van der Waals surface area contributed by atoms with Crippen molar-refractivity contribution < 1.29 is 13.2 Å². The van der Waals surface area contributed by atoms with E-state index in [1.807, 2.05) is 38.1 Å². The Balaban J connectivity index is 1.35. The van der Waals surface area contributed by atoms with E-state index >= 15 is 0 Å².